The second kappa shape index (κ2) is 2.98. The summed E-state index contributed by atoms with van der Waals surface area (Å²) in [4.78, 5) is 4.24. The highest BCUT2D eigenvalue weighted by molar-refractivity contribution is 7.02. The maximum absolute atomic E-state index is 7.54. The lowest BCUT2D eigenvalue weighted by Gasteiger charge is -2.00. The molecule has 0 fully saturated rings. The van der Waals surface area contributed by atoms with Crippen LogP contribution in [-0.2, 0) is 0 Å². The van der Waals surface area contributed by atoms with Gasteiger partial charge in [0, 0.05) is 17.7 Å². The minimum absolute atomic E-state index is 0.297. The van der Waals surface area contributed by atoms with E-state index in [1.807, 2.05) is 6.07 Å². The number of rotatable bonds is 1. The van der Waals surface area contributed by atoms with E-state index in [4.69, 9.17) is 11.1 Å². The molecule has 0 saturated carbocycles. The fraction of sp³-hybridized carbons (Fsp3) is 0. The summed E-state index contributed by atoms with van der Waals surface area (Å²) < 4.78 is 5.40. The first kappa shape index (κ1) is 7.93. The van der Waals surface area contributed by atoms with Crippen LogP contribution in [0.25, 0.3) is 5.69 Å². The first-order valence-corrected chi connectivity index (χ1v) is 4.35. The van der Waals surface area contributed by atoms with Gasteiger partial charge in [0.1, 0.15) is 0 Å². The molecule has 13 heavy (non-hydrogen) atoms. The van der Waals surface area contributed by atoms with Crippen LogP contribution in [-0.4, -0.2) is 13.9 Å². The second-order valence-corrected chi connectivity index (χ2v) is 3.14. The Hall–Kier alpha value is -1.69. The van der Waals surface area contributed by atoms with Gasteiger partial charge < -0.3 is 5.73 Å². The molecular formula is C7H7N5S. The Labute approximate surface area is 78.2 Å². The van der Waals surface area contributed by atoms with Crippen LogP contribution in [0.4, 0.5) is 5.95 Å². The number of nitrogen functional groups attached to an aromatic ring is 1. The van der Waals surface area contributed by atoms with Crippen molar-refractivity contribution in [2.45, 2.75) is 0 Å². The molecule has 0 aliphatic heterocycles. The lowest BCUT2D eigenvalue weighted by Crippen LogP contribution is -2.13. The minimum atomic E-state index is 0.297. The zero-order chi connectivity index (χ0) is 9.26. The lowest BCUT2D eigenvalue weighted by atomic mass is 10.4. The predicted molar refractivity (Wildman–Crippen MR) is 49.5 cm³/mol. The van der Waals surface area contributed by atoms with Crippen molar-refractivity contribution in [1.29, 1.82) is 5.41 Å². The van der Waals surface area contributed by atoms with Crippen molar-refractivity contribution in [2.24, 2.45) is 0 Å². The number of nitrogens with two attached hydrogens (primary N) is 1. The smallest absolute Gasteiger partial charge is 0.218 e. The largest absolute Gasteiger partial charge is 0.368 e. The van der Waals surface area contributed by atoms with E-state index in [2.05, 4.69) is 9.36 Å². The Morgan fingerprint density at radius 1 is 1.54 bits per heavy atom. The zero-order valence-electron chi connectivity index (χ0n) is 6.64. The summed E-state index contributed by atoms with van der Waals surface area (Å²) in [6, 6.07) is 3.62. The van der Waals surface area contributed by atoms with E-state index in [9.17, 15) is 0 Å². The highest BCUT2D eigenvalue weighted by atomic mass is 32.1. The van der Waals surface area contributed by atoms with Crippen LogP contribution < -0.4 is 10.5 Å². The van der Waals surface area contributed by atoms with Crippen molar-refractivity contribution in [1.82, 2.24) is 13.9 Å². The Balaban J connectivity index is 2.65. The molecule has 0 unspecified atom stereocenters. The maximum atomic E-state index is 7.54. The van der Waals surface area contributed by atoms with E-state index < -0.39 is 0 Å². The van der Waals surface area contributed by atoms with Gasteiger partial charge in [-0.2, -0.15) is 4.37 Å². The van der Waals surface area contributed by atoms with Crippen LogP contribution >= 0.6 is 11.5 Å². The Morgan fingerprint density at radius 2 is 2.38 bits per heavy atom. The number of aromatic nitrogens is 3. The van der Waals surface area contributed by atoms with Gasteiger partial charge in [-0.1, -0.05) is 0 Å². The van der Waals surface area contributed by atoms with Crippen LogP contribution in [0.2, 0.25) is 0 Å². The Kier molecular flexibility index (Phi) is 1.82. The number of nitrogens with one attached hydrogen (secondary N) is 1. The van der Waals surface area contributed by atoms with E-state index in [0.29, 0.717) is 10.7 Å². The van der Waals surface area contributed by atoms with Crippen molar-refractivity contribution in [3.8, 4) is 5.69 Å². The molecule has 66 valence electrons. The molecule has 0 aliphatic rings. The van der Waals surface area contributed by atoms with Crippen LogP contribution in [0.3, 0.4) is 0 Å². The van der Waals surface area contributed by atoms with Gasteiger partial charge in [0.25, 0.3) is 0 Å². The van der Waals surface area contributed by atoms with E-state index in [0.717, 1.165) is 17.2 Å². The molecule has 6 heteroatoms. The van der Waals surface area contributed by atoms with Crippen LogP contribution in [0, 0.1) is 5.41 Å². The predicted octanol–water partition coefficient (Wildman–Crippen LogP) is 0.390. The molecule has 0 spiro atoms. The molecule has 2 rings (SSSR count). The summed E-state index contributed by atoms with van der Waals surface area (Å²) >= 11 is 1.05. The van der Waals surface area contributed by atoms with Gasteiger partial charge in [-0.25, -0.2) is 0 Å². The molecule has 0 amide bonds. The Morgan fingerprint density at radius 3 is 2.92 bits per heavy atom. The first-order chi connectivity index (χ1) is 6.29. The van der Waals surface area contributed by atoms with E-state index >= 15 is 0 Å². The Bertz CT molecular complexity index is 457. The van der Waals surface area contributed by atoms with Crippen molar-refractivity contribution in [2.75, 3.05) is 5.73 Å². The van der Waals surface area contributed by atoms with Gasteiger partial charge in [0.15, 0.2) is 0 Å². The summed E-state index contributed by atoms with van der Waals surface area (Å²) in [5, 5.41) is 7.54. The van der Waals surface area contributed by atoms with Gasteiger partial charge in [0.05, 0.1) is 11.9 Å². The molecule has 0 saturated heterocycles. The van der Waals surface area contributed by atoms with Gasteiger partial charge >= 0.3 is 0 Å². The summed E-state index contributed by atoms with van der Waals surface area (Å²) in [6.07, 6.45) is 3.31. The first-order valence-electron chi connectivity index (χ1n) is 3.58. The average Bonchev–Trinajstić information content (AvgIpc) is 2.48. The monoisotopic (exact) mass is 193 g/mol. The van der Waals surface area contributed by atoms with Gasteiger partial charge in [-0.3, -0.25) is 15.0 Å². The molecule has 2 aromatic heterocycles. The molecule has 2 heterocycles. The number of pyridine rings is 1. The summed E-state index contributed by atoms with van der Waals surface area (Å²) in [6.45, 7) is 0. The molecule has 2 aromatic rings. The molecule has 3 N–H and O–H groups in total. The van der Waals surface area contributed by atoms with E-state index in [1.54, 1.807) is 18.5 Å². The summed E-state index contributed by atoms with van der Waals surface area (Å²) in [7, 11) is 0. The van der Waals surface area contributed by atoms with Crippen molar-refractivity contribution in [3.63, 3.8) is 0 Å². The van der Waals surface area contributed by atoms with Crippen LogP contribution in [0.5, 0.6) is 0 Å². The fourth-order valence-corrected chi connectivity index (χ4v) is 1.55. The van der Waals surface area contributed by atoms with Crippen LogP contribution in [0.1, 0.15) is 0 Å². The summed E-state index contributed by atoms with van der Waals surface area (Å²) in [5.74, 6) is 0.322. The molecular weight excluding hydrogens is 186 g/mol. The number of hydrogen-bond donors (Lipinski definition) is 2. The number of hydrogen-bond acceptors (Lipinski definition) is 5. The number of nitrogens with zero attached hydrogens (tertiary/aromatic N) is 3. The second-order valence-electron chi connectivity index (χ2n) is 2.39. The van der Waals surface area contributed by atoms with Gasteiger partial charge in [0.2, 0.25) is 10.7 Å². The topological polar surface area (TPSA) is 80.6 Å². The third-order valence-electron chi connectivity index (χ3n) is 1.56. The average molecular weight is 193 g/mol. The van der Waals surface area contributed by atoms with Gasteiger partial charge in [-0.15, -0.1) is 0 Å². The van der Waals surface area contributed by atoms with Crippen molar-refractivity contribution >= 4 is 17.5 Å². The number of anilines is 1. The van der Waals surface area contributed by atoms with E-state index in [1.165, 1.54) is 4.57 Å². The molecule has 0 aliphatic carbocycles. The molecule has 0 aromatic carbocycles. The third kappa shape index (κ3) is 1.31. The van der Waals surface area contributed by atoms with Crippen LogP contribution in [0.15, 0.2) is 24.5 Å². The lowest BCUT2D eigenvalue weighted by molar-refractivity contribution is 0.968. The molecule has 0 bridgehead atoms. The molecule has 0 atom stereocenters. The fourth-order valence-electron chi connectivity index (χ4n) is 1.01. The molecule has 0 radical (unpaired) electrons. The van der Waals surface area contributed by atoms with E-state index in [-0.39, 0.29) is 0 Å². The standard InChI is InChI=1S/C7H7N5S/c8-6-11-13-7(9)12(6)5-2-1-3-10-4-5/h1-4,9H,(H2,8,11). The molecule has 5 nitrogen and oxygen atoms in total. The zero-order valence-corrected chi connectivity index (χ0v) is 7.45. The van der Waals surface area contributed by atoms with Crippen molar-refractivity contribution < 1.29 is 0 Å². The highest BCUT2D eigenvalue weighted by Crippen LogP contribution is 2.07. The SMILES string of the molecule is N=c1snc(N)n1-c1cccnc1. The minimum Gasteiger partial charge on any atom is -0.368 e. The third-order valence-corrected chi connectivity index (χ3v) is 2.20. The highest BCUT2D eigenvalue weighted by Gasteiger charge is 2.03. The van der Waals surface area contributed by atoms with Gasteiger partial charge in [-0.05, 0) is 12.1 Å². The summed E-state index contributed by atoms with van der Waals surface area (Å²) in [5.41, 5.74) is 6.35. The normalized spacial score (nSPS) is 10.2. The maximum Gasteiger partial charge on any atom is 0.218 e. The van der Waals surface area contributed by atoms with Crippen molar-refractivity contribution in [3.05, 3.63) is 29.3 Å². The quantitative estimate of drug-likeness (QED) is 0.687.